The lowest BCUT2D eigenvalue weighted by molar-refractivity contribution is 0.530. The summed E-state index contributed by atoms with van der Waals surface area (Å²) in [7, 11) is 0. The van der Waals surface area contributed by atoms with Crippen LogP contribution in [-0.4, -0.2) is 19.6 Å². The van der Waals surface area contributed by atoms with Crippen molar-refractivity contribution in [3.8, 4) is 0 Å². The highest BCUT2D eigenvalue weighted by Crippen LogP contribution is 2.27. The molecule has 1 aliphatic rings. The molecule has 2 unspecified atom stereocenters. The second-order valence-electron chi connectivity index (χ2n) is 4.17. The fourth-order valence-electron chi connectivity index (χ4n) is 2.27. The van der Waals surface area contributed by atoms with Crippen LogP contribution in [0.4, 0.5) is 0 Å². The van der Waals surface area contributed by atoms with E-state index in [2.05, 4.69) is 36.5 Å². The van der Waals surface area contributed by atoms with E-state index in [1.807, 2.05) is 0 Å². The molecule has 2 heteroatoms. The fourth-order valence-corrected chi connectivity index (χ4v) is 2.27. The zero-order chi connectivity index (χ0) is 9.97. The molecule has 0 amide bonds. The summed E-state index contributed by atoms with van der Waals surface area (Å²) in [6.07, 6.45) is 0. The van der Waals surface area contributed by atoms with Crippen molar-refractivity contribution in [2.24, 2.45) is 11.7 Å². The zero-order valence-corrected chi connectivity index (χ0v) is 8.66. The molecule has 2 rings (SSSR count). The van der Waals surface area contributed by atoms with E-state index in [0.29, 0.717) is 11.8 Å². The molecular weight excluding hydrogens is 172 g/mol. The van der Waals surface area contributed by atoms with E-state index < -0.39 is 0 Å². The van der Waals surface area contributed by atoms with Gasteiger partial charge >= 0.3 is 0 Å². The van der Waals surface area contributed by atoms with Gasteiger partial charge in [0.15, 0.2) is 0 Å². The third kappa shape index (κ3) is 1.81. The minimum Gasteiger partial charge on any atom is -0.330 e. The van der Waals surface area contributed by atoms with Crippen molar-refractivity contribution in [2.75, 3.05) is 19.6 Å². The van der Waals surface area contributed by atoms with Gasteiger partial charge in [-0.3, -0.25) is 0 Å². The lowest BCUT2D eigenvalue weighted by Crippen LogP contribution is -2.21. The number of nitrogens with two attached hydrogens (primary N) is 1. The Kier molecular flexibility index (Phi) is 2.85. The van der Waals surface area contributed by atoms with Crippen LogP contribution in [0.5, 0.6) is 0 Å². The zero-order valence-electron chi connectivity index (χ0n) is 8.66. The third-order valence-electron chi connectivity index (χ3n) is 3.11. The molecule has 1 aromatic carbocycles. The van der Waals surface area contributed by atoms with Crippen LogP contribution in [0.25, 0.3) is 0 Å². The first-order valence-electron chi connectivity index (χ1n) is 5.28. The Morgan fingerprint density at radius 3 is 3.00 bits per heavy atom. The standard InChI is InChI=1S/C12H18N2/c1-9-3-2-4-10(5-9)12-8-14-7-11(12)6-13/h2-5,11-12,14H,6-8,13H2,1H3. The smallest absolute Gasteiger partial charge is 0.00239 e. The Labute approximate surface area is 85.5 Å². The van der Waals surface area contributed by atoms with Crippen molar-refractivity contribution >= 4 is 0 Å². The second-order valence-corrected chi connectivity index (χ2v) is 4.17. The van der Waals surface area contributed by atoms with E-state index >= 15 is 0 Å². The van der Waals surface area contributed by atoms with Crippen molar-refractivity contribution in [1.29, 1.82) is 0 Å². The predicted octanol–water partition coefficient (Wildman–Crippen LogP) is 1.26. The summed E-state index contributed by atoms with van der Waals surface area (Å²) >= 11 is 0. The van der Waals surface area contributed by atoms with Crippen LogP contribution >= 0.6 is 0 Å². The molecule has 0 saturated carbocycles. The largest absolute Gasteiger partial charge is 0.330 e. The first kappa shape index (κ1) is 9.69. The molecule has 0 aliphatic carbocycles. The number of rotatable bonds is 2. The van der Waals surface area contributed by atoms with Crippen LogP contribution < -0.4 is 11.1 Å². The van der Waals surface area contributed by atoms with E-state index in [0.717, 1.165) is 19.6 Å². The van der Waals surface area contributed by atoms with Crippen LogP contribution in [0.1, 0.15) is 17.0 Å². The van der Waals surface area contributed by atoms with Gasteiger partial charge < -0.3 is 11.1 Å². The lowest BCUT2D eigenvalue weighted by atomic mass is 9.88. The maximum Gasteiger partial charge on any atom is 0.00239 e. The molecule has 0 radical (unpaired) electrons. The maximum absolute atomic E-state index is 5.76. The molecule has 2 atom stereocenters. The van der Waals surface area contributed by atoms with Crippen LogP contribution in [-0.2, 0) is 0 Å². The third-order valence-corrected chi connectivity index (χ3v) is 3.11. The minimum absolute atomic E-state index is 0.608. The molecular formula is C12H18N2. The summed E-state index contributed by atoms with van der Waals surface area (Å²) in [5.41, 5.74) is 8.53. The molecule has 2 nitrogen and oxygen atoms in total. The quantitative estimate of drug-likeness (QED) is 0.736. The molecule has 1 saturated heterocycles. The number of benzene rings is 1. The molecule has 1 aromatic rings. The highest BCUT2D eigenvalue weighted by molar-refractivity contribution is 5.27. The monoisotopic (exact) mass is 190 g/mol. The van der Waals surface area contributed by atoms with Crippen molar-refractivity contribution in [3.63, 3.8) is 0 Å². The van der Waals surface area contributed by atoms with E-state index in [9.17, 15) is 0 Å². The average Bonchev–Trinajstić information content (AvgIpc) is 2.65. The number of aryl methyl sites for hydroxylation is 1. The Morgan fingerprint density at radius 2 is 2.29 bits per heavy atom. The Bertz CT molecular complexity index is 309. The Balaban J connectivity index is 2.21. The summed E-state index contributed by atoms with van der Waals surface area (Å²) in [6.45, 7) is 5.06. The molecule has 1 aliphatic heterocycles. The van der Waals surface area contributed by atoms with Gasteiger partial charge in [0.25, 0.3) is 0 Å². The van der Waals surface area contributed by atoms with Crippen LogP contribution in [0, 0.1) is 12.8 Å². The van der Waals surface area contributed by atoms with Gasteiger partial charge in [0.1, 0.15) is 0 Å². The van der Waals surface area contributed by atoms with Crippen molar-refractivity contribution in [1.82, 2.24) is 5.32 Å². The summed E-state index contributed by atoms with van der Waals surface area (Å²) in [6, 6.07) is 8.77. The molecule has 76 valence electrons. The van der Waals surface area contributed by atoms with Gasteiger partial charge in [0, 0.05) is 12.5 Å². The predicted molar refractivity (Wildman–Crippen MR) is 59.3 cm³/mol. The summed E-state index contributed by atoms with van der Waals surface area (Å²) in [5, 5.41) is 3.41. The topological polar surface area (TPSA) is 38.0 Å². The minimum atomic E-state index is 0.608. The molecule has 14 heavy (non-hydrogen) atoms. The van der Waals surface area contributed by atoms with Gasteiger partial charge in [-0.2, -0.15) is 0 Å². The summed E-state index contributed by atoms with van der Waals surface area (Å²) in [4.78, 5) is 0. The van der Waals surface area contributed by atoms with Crippen LogP contribution in [0.3, 0.4) is 0 Å². The summed E-state index contributed by atoms with van der Waals surface area (Å²) < 4.78 is 0. The lowest BCUT2D eigenvalue weighted by Gasteiger charge is -2.17. The highest BCUT2D eigenvalue weighted by Gasteiger charge is 2.26. The van der Waals surface area contributed by atoms with Gasteiger partial charge in [0.2, 0.25) is 0 Å². The first-order chi connectivity index (χ1) is 6.81. The normalized spacial score (nSPS) is 26.7. The SMILES string of the molecule is Cc1cccc(C2CNCC2CN)c1. The van der Waals surface area contributed by atoms with Crippen molar-refractivity contribution < 1.29 is 0 Å². The highest BCUT2D eigenvalue weighted by atomic mass is 14.9. The van der Waals surface area contributed by atoms with E-state index in [-0.39, 0.29) is 0 Å². The van der Waals surface area contributed by atoms with Gasteiger partial charge in [-0.15, -0.1) is 0 Å². The first-order valence-corrected chi connectivity index (χ1v) is 5.28. The number of hydrogen-bond acceptors (Lipinski definition) is 2. The Morgan fingerprint density at radius 1 is 1.43 bits per heavy atom. The molecule has 3 N–H and O–H groups in total. The van der Waals surface area contributed by atoms with Gasteiger partial charge in [0.05, 0.1) is 0 Å². The van der Waals surface area contributed by atoms with Gasteiger partial charge in [-0.1, -0.05) is 29.8 Å². The second kappa shape index (κ2) is 4.11. The fraction of sp³-hybridized carbons (Fsp3) is 0.500. The van der Waals surface area contributed by atoms with E-state index in [4.69, 9.17) is 5.73 Å². The van der Waals surface area contributed by atoms with E-state index in [1.54, 1.807) is 0 Å². The van der Waals surface area contributed by atoms with E-state index in [1.165, 1.54) is 11.1 Å². The summed E-state index contributed by atoms with van der Waals surface area (Å²) in [5.74, 6) is 1.22. The molecule has 1 fully saturated rings. The molecule has 0 aromatic heterocycles. The van der Waals surface area contributed by atoms with Crippen LogP contribution in [0.15, 0.2) is 24.3 Å². The molecule has 0 bridgehead atoms. The van der Waals surface area contributed by atoms with Crippen molar-refractivity contribution in [3.05, 3.63) is 35.4 Å². The molecule has 1 heterocycles. The average molecular weight is 190 g/mol. The van der Waals surface area contributed by atoms with Gasteiger partial charge in [-0.05, 0) is 31.5 Å². The maximum atomic E-state index is 5.76. The van der Waals surface area contributed by atoms with Crippen molar-refractivity contribution in [2.45, 2.75) is 12.8 Å². The Hall–Kier alpha value is -0.860. The number of hydrogen-bond donors (Lipinski definition) is 2. The van der Waals surface area contributed by atoms with Crippen LogP contribution in [0.2, 0.25) is 0 Å². The molecule has 0 spiro atoms. The van der Waals surface area contributed by atoms with Gasteiger partial charge in [-0.25, -0.2) is 0 Å². The number of nitrogens with one attached hydrogen (secondary N) is 1.